The minimum absolute atomic E-state index is 0. The fraction of sp³-hybridized carbons (Fsp3) is 1.00. The Hall–Kier alpha value is 0.524. The zero-order valence-corrected chi connectivity index (χ0v) is 18.3. The molecule has 0 amide bonds. The lowest BCUT2D eigenvalue weighted by atomic mass is 11.9. The van der Waals surface area contributed by atoms with Crippen LogP contribution in [0.3, 0.4) is 0 Å². The average Bonchev–Trinajstić information content (AvgIpc) is 2.03. The standard InChI is InChI=1S/2CH6O2Si.CH4.3H4O2Si.4H2O/c2*1-4(2)3;;3*1-3-2;;;;/h2*2-4H,1H3;1H4;3*1-2H,3H2;4*1H2. The van der Waals surface area contributed by atoms with Crippen LogP contribution >= 0.6 is 0 Å². The highest BCUT2D eigenvalue weighted by molar-refractivity contribution is 6.39. The third-order valence-corrected chi connectivity index (χ3v) is 0. The lowest BCUT2D eigenvalue weighted by molar-refractivity contribution is 0.415. The van der Waals surface area contributed by atoms with Crippen molar-refractivity contribution in [2.45, 2.75) is 20.5 Å². The summed E-state index contributed by atoms with van der Waals surface area (Å²) in [6, 6.07) is 0. The first-order chi connectivity index (χ1) is 7.71. The minimum Gasteiger partial charge on any atom is -0.415 e. The van der Waals surface area contributed by atoms with Crippen molar-refractivity contribution in [1.29, 1.82) is 0 Å². The van der Waals surface area contributed by atoms with E-state index in [-0.39, 0.29) is 29.3 Å². The number of rotatable bonds is 0. The molecule has 0 spiro atoms. The van der Waals surface area contributed by atoms with Crippen molar-refractivity contribution in [1.82, 2.24) is 0 Å². The van der Waals surface area contributed by atoms with Gasteiger partial charge in [0.25, 0.3) is 30.0 Å². The minimum atomic E-state index is -2.14. The van der Waals surface area contributed by atoms with E-state index >= 15 is 0 Å². The average molecular weight is 437 g/mol. The van der Waals surface area contributed by atoms with Crippen molar-refractivity contribution >= 4 is 48.6 Å². The van der Waals surface area contributed by atoms with Crippen LogP contribution in [-0.4, -0.2) is 118 Å². The van der Waals surface area contributed by atoms with E-state index in [2.05, 4.69) is 0 Å². The van der Waals surface area contributed by atoms with Gasteiger partial charge in [-0.05, 0) is 13.1 Å². The van der Waals surface area contributed by atoms with Crippen molar-refractivity contribution in [3.05, 3.63) is 0 Å². The molecule has 0 aliphatic rings. The highest BCUT2D eigenvalue weighted by Gasteiger charge is 1.78. The van der Waals surface area contributed by atoms with Crippen LogP contribution < -0.4 is 0 Å². The molecular weight excluding hydrogens is 400 g/mol. The number of hydrogen-bond acceptors (Lipinski definition) is 10. The van der Waals surface area contributed by atoms with Crippen LogP contribution in [0, 0.1) is 0 Å². The van der Waals surface area contributed by atoms with Gasteiger partial charge in [-0.15, -0.1) is 0 Å². The van der Waals surface area contributed by atoms with Gasteiger partial charge in [0.05, 0.1) is 0 Å². The van der Waals surface area contributed by atoms with Crippen LogP contribution in [0.1, 0.15) is 7.43 Å². The summed E-state index contributed by atoms with van der Waals surface area (Å²) in [5, 5.41) is 0. The molecule has 0 aromatic rings. The molecule has 22 heavy (non-hydrogen) atoms. The zero-order valence-electron chi connectivity index (χ0n) is 11.7. The topological polar surface area (TPSA) is 328 Å². The molecule has 0 unspecified atom stereocenters. The summed E-state index contributed by atoms with van der Waals surface area (Å²) in [6.45, 7) is 2.83. The Kier molecular flexibility index (Phi) is 302. The lowest BCUT2D eigenvalue weighted by Gasteiger charge is -1.75. The maximum absolute atomic E-state index is 7.75. The second kappa shape index (κ2) is 100.0. The normalized spacial score (nSPS) is 5.73. The van der Waals surface area contributed by atoms with Crippen LogP contribution in [0.25, 0.3) is 0 Å². The Morgan fingerprint density at radius 1 is 0.500 bits per heavy atom. The van der Waals surface area contributed by atoms with E-state index in [1.165, 1.54) is 13.1 Å². The van der Waals surface area contributed by atoms with Crippen LogP contribution in [-0.2, 0) is 0 Å². The van der Waals surface area contributed by atoms with E-state index in [0.29, 0.717) is 0 Å². The predicted octanol–water partition coefficient (Wildman–Crippen LogP) is -11.1. The molecule has 0 fully saturated rings. The zero-order chi connectivity index (χ0) is 15.3. The van der Waals surface area contributed by atoms with Crippen molar-refractivity contribution in [3.63, 3.8) is 0 Å². The molecular formula is C3H36O14Si5. The Balaban J connectivity index is -0.00000000974. The summed E-state index contributed by atoms with van der Waals surface area (Å²) in [5.41, 5.74) is 0. The summed E-state index contributed by atoms with van der Waals surface area (Å²) >= 11 is 0. The van der Waals surface area contributed by atoms with Crippen LogP contribution in [0.2, 0.25) is 13.1 Å². The van der Waals surface area contributed by atoms with Crippen molar-refractivity contribution in [2.24, 2.45) is 0 Å². The van der Waals surface area contributed by atoms with E-state index in [1.54, 1.807) is 0 Å². The molecule has 0 saturated heterocycles. The largest absolute Gasteiger partial charge is 0.415 e. The Bertz CT molecular complexity index is 65.2. The SMILES string of the molecule is C.C[SiH](O)O.C[SiH](O)O.O.O.O.O.O[SiH2]O.O[SiH2]O.O[SiH2]O. The molecule has 0 radical (unpaired) electrons. The van der Waals surface area contributed by atoms with Gasteiger partial charge in [0.15, 0.2) is 0 Å². The number of hydrogen-bond donors (Lipinski definition) is 10. The van der Waals surface area contributed by atoms with Crippen molar-refractivity contribution in [2.75, 3.05) is 0 Å². The summed E-state index contributed by atoms with van der Waals surface area (Å²) in [4.78, 5) is 74.6. The predicted molar refractivity (Wildman–Crippen MR) is 95.0 cm³/mol. The second-order valence-corrected chi connectivity index (χ2v) is 5.06. The second-order valence-electron chi connectivity index (χ2n) is 1.69. The van der Waals surface area contributed by atoms with Gasteiger partial charge in [-0.3, -0.25) is 0 Å². The van der Waals surface area contributed by atoms with Crippen molar-refractivity contribution in [3.8, 4) is 0 Å². The van der Waals surface area contributed by atoms with E-state index in [4.69, 9.17) is 48.0 Å². The van der Waals surface area contributed by atoms with E-state index in [9.17, 15) is 0 Å². The Labute approximate surface area is 139 Å². The first-order valence-corrected chi connectivity index (χ1v) is 12.3. The van der Waals surface area contributed by atoms with Gasteiger partial charge >= 0.3 is 18.6 Å². The monoisotopic (exact) mass is 436 g/mol. The molecule has 18 N–H and O–H groups in total. The summed E-state index contributed by atoms with van der Waals surface area (Å²) in [7, 11) is -9.03. The molecule has 0 heterocycles. The highest BCUT2D eigenvalue weighted by atomic mass is 28.3. The first-order valence-electron chi connectivity index (χ1n) is 4.08. The fourth-order valence-electron chi connectivity index (χ4n) is 0. The molecule has 0 bridgehead atoms. The Morgan fingerprint density at radius 3 is 0.500 bits per heavy atom. The molecule has 0 atom stereocenters. The smallest absolute Gasteiger partial charge is 0.312 e. The van der Waals surface area contributed by atoms with Gasteiger partial charge in [-0.1, -0.05) is 7.43 Å². The van der Waals surface area contributed by atoms with Crippen LogP contribution in [0.4, 0.5) is 0 Å². The van der Waals surface area contributed by atoms with Crippen LogP contribution in [0.5, 0.6) is 0 Å². The summed E-state index contributed by atoms with van der Waals surface area (Å²) in [5.74, 6) is 0. The summed E-state index contributed by atoms with van der Waals surface area (Å²) in [6.07, 6.45) is 0. The maximum Gasteiger partial charge on any atom is 0.312 e. The van der Waals surface area contributed by atoms with Gasteiger partial charge in [-0.2, -0.15) is 0 Å². The molecule has 152 valence electrons. The first kappa shape index (κ1) is 66.5. The van der Waals surface area contributed by atoms with Gasteiger partial charge in [0.2, 0.25) is 0 Å². The molecule has 0 rings (SSSR count). The molecule has 0 aliphatic carbocycles. The van der Waals surface area contributed by atoms with E-state index in [1.807, 2.05) is 0 Å². The molecule has 0 aromatic carbocycles. The molecule has 0 aliphatic heterocycles. The van der Waals surface area contributed by atoms with Gasteiger partial charge in [-0.25, -0.2) is 0 Å². The molecule has 14 nitrogen and oxygen atoms in total. The third kappa shape index (κ3) is 28400. The van der Waals surface area contributed by atoms with E-state index in [0.717, 1.165) is 0 Å². The van der Waals surface area contributed by atoms with E-state index < -0.39 is 48.6 Å². The molecule has 19 heteroatoms. The van der Waals surface area contributed by atoms with Crippen LogP contribution in [0.15, 0.2) is 0 Å². The van der Waals surface area contributed by atoms with Gasteiger partial charge in [0.1, 0.15) is 0 Å². The Morgan fingerprint density at radius 2 is 0.500 bits per heavy atom. The highest BCUT2D eigenvalue weighted by Crippen LogP contribution is 1.51. The fourth-order valence-corrected chi connectivity index (χ4v) is 0. The third-order valence-electron chi connectivity index (χ3n) is 0. The maximum atomic E-state index is 7.75. The lowest BCUT2D eigenvalue weighted by Crippen LogP contribution is -2.00. The quantitative estimate of drug-likeness (QED) is 0.160. The van der Waals surface area contributed by atoms with Gasteiger partial charge in [0, 0.05) is 0 Å². The summed E-state index contributed by atoms with van der Waals surface area (Å²) < 4.78 is 0. The van der Waals surface area contributed by atoms with Gasteiger partial charge < -0.3 is 69.9 Å². The van der Waals surface area contributed by atoms with Crippen molar-refractivity contribution < 1.29 is 69.9 Å². The molecule has 0 saturated carbocycles. The molecule has 0 aromatic heterocycles.